The number of thiocarbonyl (C=S) groups is 1. The Morgan fingerprint density at radius 2 is 2.15 bits per heavy atom. The van der Waals surface area contributed by atoms with Gasteiger partial charge in [-0.25, -0.2) is 0 Å². The van der Waals surface area contributed by atoms with Gasteiger partial charge in [-0.3, -0.25) is 14.5 Å². The van der Waals surface area contributed by atoms with Gasteiger partial charge in [0, 0.05) is 29.7 Å². The maximum Gasteiger partial charge on any atom is 0.247 e. The SMILES string of the molecule is CC[C@@H](C)N1C(=O)[C@@]2(Cc3c(Cl)cccc3N3CCCC[C@@H]32)C(=O)NC1=S. The zero-order valence-electron chi connectivity index (χ0n) is 15.6. The van der Waals surface area contributed by atoms with Crippen LogP contribution in [0.15, 0.2) is 18.2 Å². The number of carbonyl (C=O) groups is 2. The van der Waals surface area contributed by atoms with Crippen molar-refractivity contribution in [1.82, 2.24) is 10.2 Å². The molecule has 2 fully saturated rings. The summed E-state index contributed by atoms with van der Waals surface area (Å²) in [6, 6.07) is 5.59. The molecule has 144 valence electrons. The molecule has 7 heteroatoms. The van der Waals surface area contributed by atoms with Gasteiger partial charge in [0.05, 0.1) is 6.04 Å². The molecule has 3 atom stereocenters. The standard InChI is InChI=1S/C20H24ClN3O2S/c1-3-12(2)24-18(26)20(17(25)22-19(24)27)11-13-14(21)7-6-8-15(13)23-10-5-4-9-16(20)23/h6-8,12,16H,3-5,9-11H2,1-2H3,(H,22,25,27)/t12-,16-,20-/m1/s1. The Balaban J connectivity index is 1.89. The van der Waals surface area contributed by atoms with Crippen LogP contribution in [0.1, 0.15) is 45.1 Å². The van der Waals surface area contributed by atoms with Crippen LogP contribution in [-0.2, 0) is 16.0 Å². The fourth-order valence-corrected chi connectivity index (χ4v) is 5.42. The van der Waals surface area contributed by atoms with Crippen LogP contribution in [0, 0.1) is 5.41 Å². The van der Waals surface area contributed by atoms with Crippen LogP contribution >= 0.6 is 23.8 Å². The summed E-state index contributed by atoms with van der Waals surface area (Å²) in [5.41, 5.74) is 0.767. The van der Waals surface area contributed by atoms with E-state index >= 15 is 0 Å². The van der Waals surface area contributed by atoms with Gasteiger partial charge in [0.1, 0.15) is 0 Å². The summed E-state index contributed by atoms with van der Waals surface area (Å²) in [7, 11) is 0. The molecule has 1 aromatic carbocycles. The van der Waals surface area contributed by atoms with E-state index in [2.05, 4.69) is 16.3 Å². The Morgan fingerprint density at radius 3 is 2.89 bits per heavy atom. The Kier molecular flexibility index (Phi) is 4.67. The number of fused-ring (bicyclic) bond motifs is 4. The van der Waals surface area contributed by atoms with Crippen molar-refractivity contribution in [2.24, 2.45) is 5.41 Å². The van der Waals surface area contributed by atoms with Crippen LogP contribution < -0.4 is 10.2 Å². The zero-order valence-corrected chi connectivity index (χ0v) is 17.2. The van der Waals surface area contributed by atoms with E-state index in [0.29, 0.717) is 11.4 Å². The van der Waals surface area contributed by atoms with E-state index in [4.69, 9.17) is 23.8 Å². The fraction of sp³-hybridized carbons (Fsp3) is 0.550. The highest BCUT2D eigenvalue weighted by atomic mass is 35.5. The fourth-order valence-electron chi connectivity index (χ4n) is 4.83. The molecule has 2 saturated heterocycles. The number of hydrogen-bond acceptors (Lipinski definition) is 4. The molecule has 0 saturated carbocycles. The van der Waals surface area contributed by atoms with Crippen LogP contribution in [0.3, 0.4) is 0 Å². The normalized spacial score (nSPS) is 28.7. The van der Waals surface area contributed by atoms with Crippen molar-refractivity contribution >= 4 is 46.4 Å². The van der Waals surface area contributed by atoms with E-state index in [9.17, 15) is 9.59 Å². The first-order valence-electron chi connectivity index (χ1n) is 9.65. The first kappa shape index (κ1) is 18.7. The number of benzene rings is 1. The molecule has 0 unspecified atom stereocenters. The molecule has 4 rings (SSSR count). The van der Waals surface area contributed by atoms with E-state index in [0.717, 1.165) is 43.5 Å². The molecule has 1 N–H and O–H groups in total. The van der Waals surface area contributed by atoms with Crippen molar-refractivity contribution in [1.29, 1.82) is 0 Å². The van der Waals surface area contributed by atoms with Gasteiger partial charge in [-0.15, -0.1) is 0 Å². The zero-order chi connectivity index (χ0) is 19.3. The van der Waals surface area contributed by atoms with Crippen LogP contribution in [0.25, 0.3) is 0 Å². The lowest BCUT2D eigenvalue weighted by molar-refractivity contribution is -0.153. The molecule has 1 spiro atoms. The molecule has 0 bridgehead atoms. The Bertz CT molecular complexity index is 829. The Labute approximate surface area is 170 Å². The number of rotatable bonds is 2. The van der Waals surface area contributed by atoms with Gasteiger partial charge in [-0.2, -0.15) is 0 Å². The van der Waals surface area contributed by atoms with Crippen molar-refractivity contribution in [2.45, 2.75) is 58.0 Å². The predicted molar refractivity (Wildman–Crippen MR) is 110 cm³/mol. The molecular formula is C20H24ClN3O2S. The Morgan fingerprint density at radius 1 is 1.37 bits per heavy atom. The second-order valence-electron chi connectivity index (χ2n) is 7.78. The third kappa shape index (κ3) is 2.60. The number of amides is 2. The molecule has 1 aromatic rings. The monoisotopic (exact) mass is 405 g/mol. The molecule has 5 nitrogen and oxygen atoms in total. The lowest BCUT2D eigenvalue weighted by Crippen LogP contribution is -2.73. The number of halogens is 1. The smallest absolute Gasteiger partial charge is 0.247 e. The molecule has 3 aliphatic rings. The van der Waals surface area contributed by atoms with Gasteiger partial charge >= 0.3 is 0 Å². The van der Waals surface area contributed by atoms with Crippen molar-refractivity contribution in [3.05, 3.63) is 28.8 Å². The molecule has 27 heavy (non-hydrogen) atoms. The summed E-state index contributed by atoms with van der Waals surface area (Å²) < 4.78 is 0. The average molecular weight is 406 g/mol. The van der Waals surface area contributed by atoms with E-state index in [-0.39, 0.29) is 29.0 Å². The van der Waals surface area contributed by atoms with Crippen LogP contribution in [-0.4, -0.2) is 40.5 Å². The highest BCUT2D eigenvalue weighted by molar-refractivity contribution is 7.80. The third-order valence-electron chi connectivity index (χ3n) is 6.41. The molecule has 0 radical (unpaired) electrons. The quantitative estimate of drug-likeness (QED) is 0.606. The van der Waals surface area contributed by atoms with Crippen molar-refractivity contribution in [3.8, 4) is 0 Å². The third-order valence-corrected chi connectivity index (χ3v) is 7.06. The highest BCUT2D eigenvalue weighted by Gasteiger charge is 2.62. The summed E-state index contributed by atoms with van der Waals surface area (Å²) in [4.78, 5) is 31.0. The first-order valence-corrected chi connectivity index (χ1v) is 10.4. The summed E-state index contributed by atoms with van der Waals surface area (Å²) in [5, 5.41) is 3.68. The lowest BCUT2D eigenvalue weighted by atomic mass is 9.66. The lowest BCUT2D eigenvalue weighted by Gasteiger charge is -2.55. The molecule has 3 heterocycles. The van der Waals surface area contributed by atoms with Gasteiger partial charge in [0.25, 0.3) is 0 Å². The molecule has 0 aromatic heterocycles. The number of piperidine rings is 1. The van der Waals surface area contributed by atoms with Crippen LogP contribution in [0.5, 0.6) is 0 Å². The number of nitrogens with one attached hydrogen (secondary N) is 1. The van der Waals surface area contributed by atoms with E-state index in [1.54, 1.807) is 4.90 Å². The maximum absolute atomic E-state index is 13.8. The van der Waals surface area contributed by atoms with Gasteiger partial charge in [-0.05, 0) is 62.5 Å². The number of carbonyl (C=O) groups excluding carboxylic acids is 2. The van der Waals surface area contributed by atoms with Gasteiger partial charge < -0.3 is 10.2 Å². The minimum atomic E-state index is -1.18. The molecule has 3 aliphatic heterocycles. The second kappa shape index (κ2) is 6.74. The second-order valence-corrected chi connectivity index (χ2v) is 8.58. The van der Waals surface area contributed by atoms with Crippen molar-refractivity contribution in [2.75, 3.05) is 11.4 Å². The first-order chi connectivity index (χ1) is 12.9. The largest absolute Gasteiger partial charge is 0.367 e. The van der Waals surface area contributed by atoms with Gasteiger partial charge in [-0.1, -0.05) is 24.6 Å². The minimum absolute atomic E-state index is 0.0628. The van der Waals surface area contributed by atoms with E-state index in [1.165, 1.54) is 0 Å². The molecule has 0 aliphatic carbocycles. The topological polar surface area (TPSA) is 52.7 Å². The van der Waals surface area contributed by atoms with Crippen molar-refractivity contribution < 1.29 is 9.59 Å². The summed E-state index contributed by atoms with van der Waals surface area (Å²) in [5.74, 6) is -0.451. The maximum atomic E-state index is 13.8. The van der Waals surface area contributed by atoms with Crippen molar-refractivity contribution in [3.63, 3.8) is 0 Å². The summed E-state index contributed by atoms with van der Waals surface area (Å²) >= 11 is 11.9. The van der Waals surface area contributed by atoms with Crippen LogP contribution in [0.2, 0.25) is 5.02 Å². The predicted octanol–water partition coefficient (Wildman–Crippen LogP) is 3.28. The Hall–Kier alpha value is -1.66. The molecule has 2 amide bonds. The van der Waals surface area contributed by atoms with E-state index in [1.807, 2.05) is 26.0 Å². The highest BCUT2D eigenvalue weighted by Crippen LogP contribution is 2.49. The number of anilines is 1. The van der Waals surface area contributed by atoms with Gasteiger partial charge in [0.2, 0.25) is 11.8 Å². The summed E-state index contributed by atoms with van der Waals surface area (Å²) in [6.07, 6.45) is 3.95. The number of nitrogens with zero attached hydrogens (tertiary/aromatic N) is 2. The molecular weight excluding hydrogens is 382 g/mol. The van der Waals surface area contributed by atoms with Gasteiger partial charge in [0.15, 0.2) is 10.5 Å². The minimum Gasteiger partial charge on any atom is -0.367 e. The average Bonchev–Trinajstić information content (AvgIpc) is 2.66. The van der Waals surface area contributed by atoms with E-state index < -0.39 is 5.41 Å². The summed E-state index contributed by atoms with van der Waals surface area (Å²) in [6.45, 7) is 4.81. The number of hydrogen-bond donors (Lipinski definition) is 1. The van der Waals surface area contributed by atoms with Crippen LogP contribution in [0.4, 0.5) is 5.69 Å².